The first-order chi connectivity index (χ1) is 4.59. The van der Waals surface area contributed by atoms with E-state index in [2.05, 4.69) is 6.58 Å². The van der Waals surface area contributed by atoms with Crippen LogP contribution in [-0.2, 0) is 9.36 Å². The van der Waals surface area contributed by atoms with Gasteiger partial charge in [0, 0.05) is 0 Å². The first-order valence-corrected chi connectivity index (χ1v) is 3.76. The highest BCUT2D eigenvalue weighted by atomic mass is 31.1. The van der Waals surface area contributed by atoms with Crippen molar-refractivity contribution < 1.29 is 14.5 Å². The molecule has 3 nitrogen and oxygen atoms in total. The number of rotatable bonds is 4. The Hall–Kier alpha value is -0.530. The summed E-state index contributed by atoms with van der Waals surface area (Å²) in [7, 11) is -0.222. The summed E-state index contributed by atoms with van der Waals surface area (Å²) in [6.45, 7) is 4.85. The smallest absolute Gasteiger partial charge is 0.187 e. The maximum absolute atomic E-state index is 10.7. The van der Waals surface area contributed by atoms with E-state index in [9.17, 15) is 9.36 Å². The number of carbonyl (C=O) groups is 1. The van der Waals surface area contributed by atoms with E-state index in [1.807, 2.05) is 0 Å². The van der Waals surface area contributed by atoms with Crippen LogP contribution in [0.3, 0.4) is 0 Å². The molecule has 0 rings (SSSR count). The van der Waals surface area contributed by atoms with Crippen LogP contribution in [0.1, 0.15) is 6.92 Å². The minimum absolute atomic E-state index is 0.0499. The molecule has 1 atom stereocenters. The Kier molecular flexibility index (Phi) is 4.08. The molecule has 56 valence electrons. The normalized spacial score (nSPS) is 13.0. The van der Waals surface area contributed by atoms with Gasteiger partial charge >= 0.3 is 0 Å². The van der Waals surface area contributed by atoms with Gasteiger partial charge in [0.1, 0.15) is 6.10 Å². The summed E-state index contributed by atoms with van der Waals surface area (Å²) < 4.78 is 9.90. The van der Waals surface area contributed by atoms with Gasteiger partial charge < -0.3 is 5.11 Å². The Labute approximate surface area is 60.9 Å². The second kappa shape index (κ2) is 4.31. The van der Waals surface area contributed by atoms with Gasteiger partial charge in [0.2, 0.25) is 0 Å². The minimum atomic E-state index is -1.16. The molecule has 1 N–H and O–H groups in total. The Morgan fingerprint density at radius 3 is 2.60 bits per heavy atom. The van der Waals surface area contributed by atoms with Crippen molar-refractivity contribution in [1.82, 2.24) is 0 Å². The molecule has 0 aromatic heterocycles. The third-order valence-electron chi connectivity index (χ3n) is 0.971. The standard InChI is InChI=1S/C6H9O3P/c1-4(2)6(8)5(7)3-10-9/h5,7H,1,3H2,2H3. The molecule has 0 aromatic rings. The van der Waals surface area contributed by atoms with Crippen molar-refractivity contribution in [3.05, 3.63) is 12.2 Å². The molecular formula is C6H9O3P. The molecule has 0 fully saturated rings. The van der Waals surface area contributed by atoms with Gasteiger partial charge in [0.05, 0.1) is 6.16 Å². The van der Waals surface area contributed by atoms with Crippen LogP contribution < -0.4 is 0 Å². The molecule has 1 unspecified atom stereocenters. The van der Waals surface area contributed by atoms with Crippen molar-refractivity contribution in [1.29, 1.82) is 0 Å². The second-order valence-electron chi connectivity index (χ2n) is 1.97. The van der Waals surface area contributed by atoms with Gasteiger partial charge in [-0.2, -0.15) is 0 Å². The molecule has 0 aliphatic rings. The Balaban J connectivity index is 3.94. The van der Waals surface area contributed by atoms with Crippen LogP contribution in [0.2, 0.25) is 0 Å². The zero-order valence-electron chi connectivity index (χ0n) is 5.70. The Bertz CT molecular complexity index is 164. The first-order valence-electron chi connectivity index (χ1n) is 2.76. The van der Waals surface area contributed by atoms with E-state index in [1.54, 1.807) is 0 Å². The molecule has 0 heterocycles. The predicted octanol–water partition coefficient (Wildman–Crippen LogP) is 0.784. The molecule has 0 saturated heterocycles. The molecule has 4 heteroatoms. The summed E-state index contributed by atoms with van der Waals surface area (Å²) in [6.07, 6.45) is -1.21. The summed E-state index contributed by atoms with van der Waals surface area (Å²) in [4.78, 5) is 10.7. The lowest BCUT2D eigenvalue weighted by Crippen LogP contribution is -2.22. The fourth-order valence-corrected chi connectivity index (χ4v) is 0.745. The summed E-state index contributed by atoms with van der Waals surface area (Å²) in [5.74, 6) is -0.441. The second-order valence-corrected chi connectivity index (χ2v) is 2.60. The van der Waals surface area contributed by atoms with E-state index in [0.29, 0.717) is 0 Å². The number of aliphatic hydroxyl groups excluding tert-OH is 1. The third-order valence-corrected chi connectivity index (χ3v) is 1.47. The quantitative estimate of drug-likeness (QED) is 0.488. The van der Waals surface area contributed by atoms with E-state index in [1.165, 1.54) is 6.92 Å². The molecule has 0 saturated carbocycles. The SMILES string of the molecule is C=C(C)C(=O)C(O)CP=O. The van der Waals surface area contributed by atoms with E-state index in [4.69, 9.17) is 5.11 Å². The van der Waals surface area contributed by atoms with Crippen molar-refractivity contribution in [3.63, 3.8) is 0 Å². The molecular weight excluding hydrogens is 151 g/mol. The summed E-state index contributed by atoms with van der Waals surface area (Å²) in [6, 6.07) is 0. The van der Waals surface area contributed by atoms with Crippen molar-refractivity contribution >= 4 is 14.2 Å². The summed E-state index contributed by atoms with van der Waals surface area (Å²) >= 11 is 0. The molecule has 0 spiro atoms. The number of aliphatic hydroxyl groups is 1. The van der Waals surface area contributed by atoms with Crippen LogP contribution >= 0.6 is 8.46 Å². The van der Waals surface area contributed by atoms with Gasteiger partial charge in [0.15, 0.2) is 14.2 Å². The van der Waals surface area contributed by atoms with Crippen molar-refractivity contribution in [3.8, 4) is 0 Å². The largest absolute Gasteiger partial charge is 0.384 e. The van der Waals surface area contributed by atoms with E-state index in [-0.39, 0.29) is 20.2 Å². The number of carbonyl (C=O) groups excluding carboxylic acids is 1. The maximum Gasteiger partial charge on any atom is 0.187 e. The lowest BCUT2D eigenvalue weighted by atomic mass is 10.1. The summed E-state index contributed by atoms with van der Waals surface area (Å²) in [5, 5.41) is 8.87. The maximum atomic E-state index is 10.7. The molecule has 0 bridgehead atoms. The molecule has 0 aliphatic carbocycles. The fraction of sp³-hybridized carbons (Fsp3) is 0.500. The van der Waals surface area contributed by atoms with Gasteiger partial charge in [-0.15, -0.1) is 0 Å². The van der Waals surface area contributed by atoms with Gasteiger partial charge in [0.25, 0.3) is 0 Å². The average molecular weight is 160 g/mol. The van der Waals surface area contributed by atoms with E-state index < -0.39 is 11.9 Å². The molecule has 0 amide bonds. The predicted molar refractivity (Wildman–Crippen MR) is 38.3 cm³/mol. The Morgan fingerprint density at radius 1 is 1.80 bits per heavy atom. The molecule has 0 radical (unpaired) electrons. The van der Waals surface area contributed by atoms with E-state index in [0.717, 1.165) is 0 Å². The van der Waals surface area contributed by atoms with Gasteiger partial charge in [-0.3, -0.25) is 9.36 Å². The zero-order valence-corrected chi connectivity index (χ0v) is 6.60. The zero-order chi connectivity index (χ0) is 8.15. The lowest BCUT2D eigenvalue weighted by molar-refractivity contribution is -0.122. The molecule has 0 aromatic carbocycles. The van der Waals surface area contributed by atoms with Crippen LogP contribution in [0, 0.1) is 0 Å². The number of ketones is 1. The van der Waals surface area contributed by atoms with Gasteiger partial charge in [-0.25, -0.2) is 0 Å². The lowest BCUT2D eigenvalue weighted by Gasteiger charge is -2.02. The van der Waals surface area contributed by atoms with Crippen molar-refractivity contribution in [2.24, 2.45) is 0 Å². The number of hydrogen-bond acceptors (Lipinski definition) is 3. The highest BCUT2D eigenvalue weighted by molar-refractivity contribution is 7.23. The fourth-order valence-electron chi connectivity index (χ4n) is 0.438. The van der Waals surface area contributed by atoms with Crippen LogP contribution in [-0.4, -0.2) is 23.2 Å². The van der Waals surface area contributed by atoms with Crippen molar-refractivity contribution in [2.45, 2.75) is 13.0 Å². The highest BCUT2D eigenvalue weighted by Gasteiger charge is 2.14. The monoisotopic (exact) mass is 160 g/mol. The van der Waals surface area contributed by atoms with Crippen LogP contribution in [0.5, 0.6) is 0 Å². The molecule has 10 heavy (non-hydrogen) atoms. The number of Topliss-reactive ketones (excluding diaryl/α,β-unsaturated/α-hetero) is 1. The number of hydrogen-bond donors (Lipinski definition) is 1. The van der Waals surface area contributed by atoms with Crippen LogP contribution in [0.25, 0.3) is 0 Å². The van der Waals surface area contributed by atoms with Crippen LogP contribution in [0.4, 0.5) is 0 Å². The topological polar surface area (TPSA) is 54.4 Å². The minimum Gasteiger partial charge on any atom is -0.384 e. The van der Waals surface area contributed by atoms with E-state index >= 15 is 0 Å². The third kappa shape index (κ3) is 2.85. The van der Waals surface area contributed by atoms with Crippen LogP contribution in [0.15, 0.2) is 12.2 Å². The van der Waals surface area contributed by atoms with Crippen molar-refractivity contribution in [2.75, 3.05) is 6.16 Å². The average Bonchev–Trinajstić information content (AvgIpc) is 1.87. The summed E-state index contributed by atoms with van der Waals surface area (Å²) in [5.41, 5.74) is 0.288. The van der Waals surface area contributed by atoms with Gasteiger partial charge in [-0.1, -0.05) is 6.58 Å². The Morgan fingerprint density at radius 2 is 2.30 bits per heavy atom. The molecule has 0 aliphatic heterocycles. The first kappa shape index (κ1) is 9.47. The highest BCUT2D eigenvalue weighted by Crippen LogP contribution is 2.02. The van der Waals surface area contributed by atoms with Gasteiger partial charge in [-0.05, 0) is 12.5 Å².